The van der Waals surface area contributed by atoms with E-state index in [2.05, 4.69) is 45.0 Å². The monoisotopic (exact) mass is 442 g/mol. The van der Waals surface area contributed by atoms with Crippen LogP contribution in [0.15, 0.2) is 24.5 Å². The number of nitrogens with zero attached hydrogens (tertiary/aromatic N) is 3. The van der Waals surface area contributed by atoms with Crippen LogP contribution in [0.5, 0.6) is 0 Å². The number of nitrogens with one attached hydrogen (secondary N) is 3. The summed E-state index contributed by atoms with van der Waals surface area (Å²) in [6.45, 7) is 5.99. The van der Waals surface area contributed by atoms with E-state index in [0.29, 0.717) is 46.3 Å². The van der Waals surface area contributed by atoms with Gasteiger partial charge in [0.15, 0.2) is 0 Å². The van der Waals surface area contributed by atoms with Crippen molar-refractivity contribution in [1.82, 2.24) is 20.5 Å². The lowest BCUT2D eigenvalue weighted by atomic mass is 9.90. The van der Waals surface area contributed by atoms with Crippen LogP contribution in [0, 0.1) is 11.2 Å². The molecule has 4 rings (SSSR count). The fourth-order valence-electron chi connectivity index (χ4n) is 4.35. The molecule has 2 aliphatic carbocycles. The summed E-state index contributed by atoms with van der Waals surface area (Å²) >= 11 is 0. The molecular formula is C24H35FN6O. The SMILES string of the molecule is COC[C@H](C)NC1CCC(Nc2cc(-c3cnnc(NCC4(C)CC4)c3)c(F)cn2)CC1. The van der Waals surface area contributed by atoms with Gasteiger partial charge in [-0.1, -0.05) is 6.92 Å². The van der Waals surface area contributed by atoms with Crippen LogP contribution in [0.1, 0.15) is 52.4 Å². The molecule has 1 atom stereocenters. The van der Waals surface area contributed by atoms with Gasteiger partial charge in [0.05, 0.1) is 19.0 Å². The largest absolute Gasteiger partial charge is 0.383 e. The lowest BCUT2D eigenvalue weighted by Crippen LogP contribution is -2.42. The van der Waals surface area contributed by atoms with Crippen molar-refractivity contribution in [2.24, 2.45) is 5.41 Å². The molecule has 7 nitrogen and oxygen atoms in total. The topological polar surface area (TPSA) is 84.0 Å². The van der Waals surface area contributed by atoms with Gasteiger partial charge < -0.3 is 20.7 Å². The lowest BCUT2D eigenvalue weighted by molar-refractivity contribution is 0.161. The maximum Gasteiger partial charge on any atom is 0.149 e. The third-order valence-corrected chi connectivity index (χ3v) is 6.64. The van der Waals surface area contributed by atoms with E-state index in [0.717, 1.165) is 38.8 Å². The number of anilines is 2. The minimum absolute atomic E-state index is 0.337. The van der Waals surface area contributed by atoms with E-state index >= 15 is 0 Å². The number of halogens is 1. The predicted molar refractivity (Wildman–Crippen MR) is 125 cm³/mol. The Bertz CT molecular complexity index is 898. The van der Waals surface area contributed by atoms with Crippen molar-refractivity contribution in [1.29, 1.82) is 0 Å². The lowest BCUT2D eigenvalue weighted by Gasteiger charge is -2.31. The van der Waals surface area contributed by atoms with E-state index in [1.54, 1.807) is 19.4 Å². The Balaban J connectivity index is 1.36. The summed E-state index contributed by atoms with van der Waals surface area (Å²) in [5.41, 5.74) is 1.54. The molecule has 2 fully saturated rings. The molecule has 2 aromatic heterocycles. The van der Waals surface area contributed by atoms with Crippen molar-refractivity contribution >= 4 is 11.6 Å². The molecule has 0 spiro atoms. The average Bonchev–Trinajstić information content (AvgIpc) is 3.53. The van der Waals surface area contributed by atoms with Crippen LogP contribution in [-0.2, 0) is 4.74 Å². The van der Waals surface area contributed by atoms with Gasteiger partial charge >= 0.3 is 0 Å². The molecule has 2 aromatic rings. The highest BCUT2D eigenvalue weighted by atomic mass is 19.1. The predicted octanol–water partition coefficient (Wildman–Crippen LogP) is 4.24. The molecule has 8 heteroatoms. The van der Waals surface area contributed by atoms with Crippen LogP contribution < -0.4 is 16.0 Å². The third-order valence-electron chi connectivity index (χ3n) is 6.64. The van der Waals surface area contributed by atoms with Crippen LogP contribution in [0.4, 0.5) is 16.0 Å². The van der Waals surface area contributed by atoms with Gasteiger partial charge in [-0.25, -0.2) is 9.37 Å². The fourth-order valence-corrected chi connectivity index (χ4v) is 4.35. The van der Waals surface area contributed by atoms with E-state index in [-0.39, 0.29) is 5.82 Å². The standard InChI is InChI=1S/C24H35FN6O/c1-16(14-32-3)29-18-4-6-19(7-5-18)30-22-11-20(21(25)13-26-22)17-10-23(31-28-12-17)27-15-24(2)8-9-24/h10-13,16,18-19,29H,4-9,14-15H2,1-3H3,(H,26,30)(H,27,31)/t16-,18?,19?/m0/s1. The van der Waals surface area contributed by atoms with Crippen molar-refractivity contribution in [3.63, 3.8) is 0 Å². The molecule has 0 radical (unpaired) electrons. The summed E-state index contributed by atoms with van der Waals surface area (Å²) in [5.74, 6) is 1.01. The van der Waals surface area contributed by atoms with Crippen LogP contribution in [-0.4, -0.2) is 53.6 Å². The Labute approximate surface area is 190 Å². The number of aromatic nitrogens is 3. The van der Waals surface area contributed by atoms with Gasteiger partial charge in [0.25, 0.3) is 0 Å². The molecular weight excluding hydrogens is 407 g/mol. The first-order valence-corrected chi connectivity index (χ1v) is 11.7. The first-order chi connectivity index (χ1) is 15.4. The van der Waals surface area contributed by atoms with Gasteiger partial charge in [0.1, 0.15) is 17.5 Å². The summed E-state index contributed by atoms with van der Waals surface area (Å²) in [5, 5.41) is 18.7. The van der Waals surface area contributed by atoms with Crippen molar-refractivity contribution in [2.45, 2.75) is 70.5 Å². The first kappa shape index (κ1) is 22.9. The Hall–Kier alpha value is -2.32. The first-order valence-electron chi connectivity index (χ1n) is 11.7. The zero-order chi connectivity index (χ0) is 22.6. The van der Waals surface area contributed by atoms with Gasteiger partial charge in [-0.3, -0.25) is 0 Å². The number of rotatable bonds is 10. The molecule has 0 unspecified atom stereocenters. The highest BCUT2D eigenvalue weighted by molar-refractivity contribution is 5.68. The number of hydrogen-bond donors (Lipinski definition) is 3. The Morgan fingerprint density at radius 1 is 1.12 bits per heavy atom. The van der Waals surface area contributed by atoms with Crippen molar-refractivity contribution in [3.05, 3.63) is 30.3 Å². The minimum atomic E-state index is -0.358. The van der Waals surface area contributed by atoms with Crippen molar-refractivity contribution in [2.75, 3.05) is 30.9 Å². The van der Waals surface area contributed by atoms with Crippen molar-refractivity contribution in [3.8, 4) is 11.1 Å². The second-order valence-electron chi connectivity index (χ2n) is 9.76. The molecule has 174 valence electrons. The highest BCUT2D eigenvalue weighted by Gasteiger charge is 2.36. The van der Waals surface area contributed by atoms with E-state index < -0.39 is 0 Å². The summed E-state index contributed by atoms with van der Waals surface area (Å²) in [4.78, 5) is 4.28. The van der Waals surface area contributed by atoms with Gasteiger partial charge in [-0.05, 0) is 63.0 Å². The zero-order valence-corrected chi connectivity index (χ0v) is 19.3. The summed E-state index contributed by atoms with van der Waals surface area (Å²) in [7, 11) is 1.73. The van der Waals surface area contributed by atoms with Crippen LogP contribution in [0.2, 0.25) is 0 Å². The van der Waals surface area contributed by atoms with Gasteiger partial charge in [-0.15, -0.1) is 5.10 Å². The molecule has 0 bridgehead atoms. The molecule has 2 saturated carbocycles. The zero-order valence-electron chi connectivity index (χ0n) is 19.3. The number of methoxy groups -OCH3 is 1. The Morgan fingerprint density at radius 3 is 2.59 bits per heavy atom. The molecule has 0 aliphatic heterocycles. The van der Waals surface area contributed by atoms with Gasteiger partial charge in [0.2, 0.25) is 0 Å². The number of hydrogen-bond acceptors (Lipinski definition) is 7. The van der Waals surface area contributed by atoms with E-state index in [1.807, 2.05) is 6.07 Å². The third kappa shape index (κ3) is 6.13. The highest BCUT2D eigenvalue weighted by Crippen LogP contribution is 2.44. The Morgan fingerprint density at radius 2 is 1.88 bits per heavy atom. The quantitative estimate of drug-likeness (QED) is 0.508. The maximum absolute atomic E-state index is 14.6. The van der Waals surface area contributed by atoms with Gasteiger partial charge in [0, 0.05) is 42.9 Å². The summed E-state index contributed by atoms with van der Waals surface area (Å²) in [6, 6.07) is 4.85. The van der Waals surface area contributed by atoms with Crippen LogP contribution >= 0.6 is 0 Å². The molecule has 32 heavy (non-hydrogen) atoms. The average molecular weight is 443 g/mol. The minimum Gasteiger partial charge on any atom is -0.383 e. The molecule has 2 heterocycles. The van der Waals surface area contributed by atoms with E-state index in [9.17, 15) is 4.39 Å². The number of pyridine rings is 1. The van der Waals surface area contributed by atoms with Crippen LogP contribution in [0.25, 0.3) is 11.1 Å². The fraction of sp³-hybridized carbons (Fsp3) is 0.625. The maximum atomic E-state index is 14.6. The number of ether oxygens (including phenoxy) is 1. The Kier molecular flexibility index (Phi) is 7.20. The molecule has 0 amide bonds. The second-order valence-corrected chi connectivity index (χ2v) is 9.76. The van der Waals surface area contributed by atoms with Crippen molar-refractivity contribution < 1.29 is 9.13 Å². The summed E-state index contributed by atoms with van der Waals surface area (Å²) < 4.78 is 19.8. The molecule has 0 aromatic carbocycles. The normalized spacial score (nSPS) is 22.9. The van der Waals surface area contributed by atoms with Gasteiger partial charge in [-0.2, -0.15) is 5.10 Å². The molecule has 3 N–H and O–H groups in total. The van der Waals surface area contributed by atoms with Crippen LogP contribution in [0.3, 0.4) is 0 Å². The van der Waals surface area contributed by atoms with E-state index in [1.165, 1.54) is 19.0 Å². The smallest absolute Gasteiger partial charge is 0.149 e. The summed E-state index contributed by atoms with van der Waals surface area (Å²) in [6.07, 6.45) is 9.64. The van der Waals surface area contributed by atoms with E-state index in [4.69, 9.17) is 4.74 Å². The molecule has 0 saturated heterocycles. The second kappa shape index (κ2) is 10.1. The molecule has 2 aliphatic rings.